The Bertz CT molecular complexity index is 984. The molecular weight excluding hydrogens is 398 g/mol. The van der Waals surface area contributed by atoms with Gasteiger partial charge < -0.3 is 5.32 Å². The van der Waals surface area contributed by atoms with E-state index in [9.17, 15) is 0 Å². The fourth-order valence-corrected chi connectivity index (χ4v) is 6.06. The van der Waals surface area contributed by atoms with Gasteiger partial charge >= 0.3 is 0 Å². The Morgan fingerprint density at radius 3 is 2.66 bits per heavy atom. The first-order valence-electron chi connectivity index (χ1n) is 10.7. The zero-order valence-electron chi connectivity index (χ0n) is 17.4. The number of piperidine rings is 1. The van der Waals surface area contributed by atoms with Gasteiger partial charge in [-0.15, -0.1) is 22.7 Å². The number of aromatic nitrogens is 3. The molecule has 1 atom stereocenters. The Morgan fingerprint density at radius 1 is 1.17 bits per heavy atom. The first kappa shape index (κ1) is 19.4. The van der Waals surface area contributed by atoms with Crippen molar-refractivity contribution in [1.82, 2.24) is 19.9 Å². The molecule has 0 unspecified atom stereocenters. The van der Waals surface area contributed by atoms with E-state index in [0.29, 0.717) is 5.92 Å². The molecule has 2 fully saturated rings. The molecule has 0 bridgehead atoms. The third kappa shape index (κ3) is 4.05. The summed E-state index contributed by atoms with van der Waals surface area (Å²) in [6.07, 6.45) is 7.00. The summed E-state index contributed by atoms with van der Waals surface area (Å²) >= 11 is 3.54. The van der Waals surface area contributed by atoms with Crippen molar-refractivity contribution in [1.29, 1.82) is 0 Å². The summed E-state index contributed by atoms with van der Waals surface area (Å²) < 4.78 is 0. The molecule has 7 heteroatoms. The predicted molar refractivity (Wildman–Crippen MR) is 122 cm³/mol. The van der Waals surface area contributed by atoms with Crippen LogP contribution in [0.1, 0.15) is 59.9 Å². The molecule has 0 amide bonds. The molecule has 3 aromatic heterocycles. The molecule has 1 N–H and O–H groups in total. The molecule has 1 aliphatic heterocycles. The van der Waals surface area contributed by atoms with E-state index in [0.717, 1.165) is 42.0 Å². The van der Waals surface area contributed by atoms with Gasteiger partial charge in [0.2, 0.25) is 0 Å². The van der Waals surface area contributed by atoms with Crippen LogP contribution in [0, 0.1) is 25.7 Å². The van der Waals surface area contributed by atoms with Gasteiger partial charge in [0, 0.05) is 16.5 Å². The van der Waals surface area contributed by atoms with E-state index in [1.165, 1.54) is 46.5 Å². The lowest BCUT2D eigenvalue weighted by Gasteiger charge is -2.29. The van der Waals surface area contributed by atoms with Crippen LogP contribution in [-0.2, 0) is 6.54 Å². The zero-order valence-corrected chi connectivity index (χ0v) is 19.1. The van der Waals surface area contributed by atoms with Crippen LogP contribution in [0.25, 0.3) is 10.2 Å². The molecule has 1 saturated heterocycles. The molecule has 3 aromatic rings. The van der Waals surface area contributed by atoms with Crippen LogP contribution in [-0.4, -0.2) is 32.9 Å². The van der Waals surface area contributed by atoms with Gasteiger partial charge in [-0.05, 0) is 70.0 Å². The van der Waals surface area contributed by atoms with Crippen molar-refractivity contribution in [3.8, 4) is 0 Å². The summed E-state index contributed by atoms with van der Waals surface area (Å²) in [4.78, 5) is 19.6. The highest BCUT2D eigenvalue weighted by atomic mass is 32.1. The van der Waals surface area contributed by atoms with Crippen molar-refractivity contribution in [2.45, 2.75) is 59.0 Å². The number of fused-ring (bicyclic) bond motifs is 1. The first-order chi connectivity index (χ1) is 14.1. The van der Waals surface area contributed by atoms with Crippen LogP contribution < -0.4 is 5.32 Å². The lowest BCUT2D eigenvalue weighted by molar-refractivity contribution is 0.181. The second-order valence-electron chi connectivity index (χ2n) is 8.74. The van der Waals surface area contributed by atoms with Crippen molar-refractivity contribution in [2.24, 2.45) is 11.8 Å². The molecule has 5 rings (SSSR count). The van der Waals surface area contributed by atoms with Crippen LogP contribution in [0.15, 0.2) is 11.6 Å². The third-order valence-electron chi connectivity index (χ3n) is 6.42. The monoisotopic (exact) mass is 427 g/mol. The van der Waals surface area contributed by atoms with Crippen LogP contribution in [0.3, 0.4) is 0 Å². The van der Waals surface area contributed by atoms with Gasteiger partial charge in [0.05, 0.1) is 18.0 Å². The van der Waals surface area contributed by atoms with Gasteiger partial charge in [-0.1, -0.05) is 6.92 Å². The maximum atomic E-state index is 5.07. The highest BCUT2D eigenvalue weighted by Crippen LogP contribution is 2.44. The van der Waals surface area contributed by atoms with Gasteiger partial charge in [-0.2, -0.15) is 0 Å². The molecule has 1 aliphatic carbocycles. The largest absolute Gasteiger partial charge is 0.360 e. The second-order valence-corrected chi connectivity index (χ2v) is 10.9. The Morgan fingerprint density at radius 2 is 1.97 bits per heavy atom. The fourth-order valence-electron chi connectivity index (χ4n) is 4.24. The van der Waals surface area contributed by atoms with Crippen LogP contribution in [0.5, 0.6) is 0 Å². The van der Waals surface area contributed by atoms with E-state index in [1.807, 2.05) is 6.20 Å². The van der Waals surface area contributed by atoms with Gasteiger partial charge in [-0.3, -0.25) is 4.90 Å². The molecule has 2 aliphatic rings. The SMILES string of the molecule is Cc1sc2nc(CN3CCC(C)CC3)nc(N[C@@H](c3nccs3)C3CC3)c2c1C. The minimum atomic E-state index is 0.261. The average molecular weight is 428 g/mol. The normalized spacial score (nSPS) is 19.7. The van der Waals surface area contributed by atoms with E-state index in [2.05, 4.69) is 41.4 Å². The molecule has 5 nitrogen and oxygen atoms in total. The molecule has 0 radical (unpaired) electrons. The number of aryl methyl sites for hydroxylation is 2. The number of nitrogens with zero attached hydrogens (tertiary/aromatic N) is 4. The summed E-state index contributed by atoms with van der Waals surface area (Å²) in [6, 6.07) is 0.261. The van der Waals surface area contributed by atoms with E-state index in [-0.39, 0.29) is 6.04 Å². The van der Waals surface area contributed by atoms with Gasteiger partial charge in [0.1, 0.15) is 21.5 Å². The van der Waals surface area contributed by atoms with Gasteiger partial charge in [-0.25, -0.2) is 15.0 Å². The fraction of sp³-hybridized carbons (Fsp3) is 0.591. The van der Waals surface area contributed by atoms with Gasteiger partial charge in [0.15, 0.2) is 0 Å². The molecule has 0 spiro atoms. The molecular formula is C22H29N5S2. The Labute approximate surface area is 180 Å². The molecule has 29 heavy (non-hydrogen) atoms. The second kappa shape index (κ2) is 7.93. The van der Waals surface area contributed by atoms with Crippen molar-refractivity contribution >= 4 is 38.7 Å². The lowest BCUT2D eigenvalue weighted by Crippen LogP contribution is -2.33. The maximum absolute atomic E-state index is 5.07. The highest BCUT2D eigenvalue weighted by molar-refractivity contribution is 7.18. The Hall–Kier alpha value is -1.57. The number of rotatable bonds is 6. The number of nitrogens with one attached hydrogen (secondary N) is 1. The number of hydrogen-bond donors (Lipinski definition) is 1. The topological polar surface area (TPSA) is 53.9 Å². The van der Waals surface area contributed by atoms with Crippen molar-refractivity contribution < 1.29 is 0 Å². The molecule has 154 valence electrons. The summed E-state index contributed by atoms with van der Waals surface area (Å²) in [5.41, 5.74) is 1.31. The minimum absolute atomic E-state index is 0.261. The Kier molecular flexibility index (Phi) is 5.30. The van der Waals surface area contributed by atoms with Crippen LogP contribution in [0.4, 0.5) is 5.82 Å². The summed E-state index contributed by atoms with van der Waals surface area (Å²) in [5, 5.41) is 8.26. The number of thiazole rings is 1. The molecule has 0 aromatic carbocycles. The van der Waals surface area contributed by atoms with Crippen molar-refractivity contribution in [2.75, 3.05) is 18.4 Å². The standard InChI is InChI=1S/C22H29N5S2/c1-13-6-9-27(10-7-13)12-17-24-20(18-14(2)15(3)29-21(18)25-17)26-19(16-4-5-16)22-23-8-11-28-22/h8,11,13,16,19H,4-7,9-10,12H2,1-3H3,(H,24,25,26)/t19-/m1/s1. The van der Waals surface area contributed by atoms with E-state index < -0.39 is 0 Å². The predicted octanol–water partition coefficient (Wildman–Crippen LogP) is 5.56. The van der Waals surface area contributed by atoms with E-state index >= 15 is 0 Å². The smallest absolute Gasteiger partial charge is 0.146 e. The minimum Gasteiger partial charge on any atom is -0.360 e. The lowest BCUT2D eigenvalue weighted by atomic mass is 9.99. The van der Waals surface area contributed by atoms with Crippen LogP contribution >= 0.6 is 22.7 Å². The van der Waals surface area contributed by atoms with Gasteiger partial charge in [0.25, 0.3) is 0 Å². The zero-order chi connectivity index (χ0) is 20.0. The third-order valence-corrected chi connectivity index (χ3v) is 8.38. The highest BCUT2D eigenvalue weighted by Gasteiger charge is 2.35. The maximum Gasteiger partial charge on any atom is 0.146 e. The average Bonchev–Trinajstić information content (AvgIpc) is 3.32. The Balaban J connectivity index is 1.48. The van der Waals surface area contributed by atoms with Crippen molar-refractivity contribution in [3.63, 3.8) is 0 Å². The number of thiophene rings is 1. The van der Waals surface area contributed by atoms with Crippen molar-refractivity contribution in [3.05, 3.63) is 32.8 Å². The molecule has 4 heterocycles. The summed E-state index contributed by atoms with van der Waals surface area (Å²) in [7, 11) is 0. The van der Waals surface area contributed by atoms with Crippen LogP contribution in [0.2, 0.25) is 0 Å². The first-order valence-corrected chi connectivity index (χ1v) is 12.4. The quantitative estimate of drug-likeness (QED) is 0.558. The van der Waals surface area contributed by atoms with E-state index in [1.54, 1.807) is 22.7 Å². The van der Waals surface area contributed by atoms with E-state index in [4.69, 9.17) is 9.97 Å². The number of likely N-dealkylation sites (tertiary alicyclic amines) is 1. The molecule has 1 saturated carbocycles. The summed E-state index contributed by atoms with van der Waals surface area (Å²) in [6.45, 7) is 9.89. The number of anilines is 1. The number of hydrogen-bond acceptors (Lipinski definition) is 7. The summed E-state index contributed by atoms with van der Waals surface area (Å²) in [5.74, 6) is 3.46.